The van der Waals surface area contributed by atoms with E-state index in [0.717, 1.165) is 11.8 Å². The Morgan fingerprint density at radius 1 is 1.13 bits per heavy atom. The number of amides is 1. The van der Waals surface area contributed by atoms with Gasteiger partial charge in [0.05, 0.1) is 11.2 Å². The number of nitrogens with one attached hydrogen (secondary N) is 1. The van der Waals surface area contributed by atoms with Crippen LogP contribution >= 0.6 is 0 Å². The summed E-state index contributed by atoms with van der Waals surface area (Å²) in [5, 5.41) is 1.80. The molecule has 2 aromatic rings. The van der Waals surface area contributed by atoms with Gasteiger partial charge in [0, 0.05) is 37.9 Å². The number of rotatable bonds is 7. The van der Waals surface area contributed by atoms with E-state index in [4.69, 9.17) is 0 Å². The smallest absolute Gasteiger partial charge is 0.223 e. The first-order valence-electron chi connectivity index (χ1n) is 10.0. The van der Waals surface area contributed by atoms with E-state index in [0.29, 0.717) is 18.4 Å². The summed E-state index contributed by atoms with van der Waals surface area (Å²) in [4.78, 5) is 16.9. The second kappa shape index (κ2) is 9.46. The van der Waals surface area contributed by atoms with Crippen LogP contribution in [0.25, 0.3) is 0 Å². The lowest BCUT2D eigenvalue weighted by Gasteiger charge is -2.29. The molecule has 1 unspecified atom stereocenters. The summed E-state index contributed by atoms with van der Waals surface area (Å²) in [5.74, 6) is -0.615. The summed E-state index contributed by atoms with van der Waals surface area (Å²) in [6.07, 6.45) is 5.02. The van der Waals surface area contributed by atoms with Crippen LogP contribution in [0.5, 0.6) is 0 Å². The van der Waals surface area contributed by atoms with E-state index in [1.165, 1.54) is 10.5 Å². The standard InChI is InChI=1S/C21H27N3O5S2/c1-16-5-7-19(8-6-16)31(28,29)20(18-4-3-11-22-14-18)15-23-21(25)17-9-12-24(13-10-17)30(2,26)27/h3-8,11,14,17,20H,9-10,12-13,15H2,1-2H3,(H,23,25). The zero-order valence-electron chi connectivity index (χ0n) is 17.6. The van der Waals surface area contributed by atoms with E-state index in [2.05, 4.69) is 10.3 Å². The Morgan fingerprint density at radius 3 is 2.32 bits per heavy atom. The topological polar surface area (TPSA) is 114 Å². The van der Waals surface area contributed by atoms with Gasteiger partial charge in [-0.2, -0.15) is 0 Å². The number of nitrogens with zero attached hydrogens (tertiary/aromatic N) is 2. The molecule has 3 rings (SSSR count). The summed E-state index contributed by atoms with van der Waals surface area (Å²) in [6.45, 7) is 2.35. The third kappa shape index (κ3) is 5.69. The van der Waals surface area contributed by atoms with Gasteiger partial charge in [0.25, 0.3) is 0 Å². The zero-order valence-corrected chi connectivity index (χ0v) is 19.2. The minimum Gasteiger partial charge on any atom is -0.354 e. The number of aryl methyl sites for hydroxylation is 1. The number of sulfone groups is 1. The molecule has 31 heavy (non-hydrogen) atoms. The Kier molecular flexibility index (Phi) is 7.13. The van der Waals surface area contributed by atoms with E-state index in [1.54, 1.807) is 42.6 Å². The van der Waals surface area contributed by atoms with Crippen molar-refractivity contribution in [1.29, 1.82) is 0 Å². The van der Waals surface area contributed by atoms with E-state index in [-0.39, 0.29) is 36.4 Å². The third-order valence-electron chi connectivity index (χ3n) is 5.54. The van der Waals surface area contributed by atoms with Crippen molar-refractivity contribution in [2.24, 2.45) is 5.92 Å². The summed E-state index contributed by atoms with van der Waals surface area (Å²) >= 11 is 0. The van der Waals surface area contributed by atoms with Crippen molar-refractivity contribution in [3.05, 3.63) is 59.9 Å². The van der Waals surface area contributed by atoms with Gasteiger partial charge in [-0.1, -0.05) is 23.8 Å². The van der Waals surface area contributed by atoms with Gasteiger partial charge in [-0.25, -0.2) is 21.1 Å². The highest BCUT2D eigenvalue weighted by molar-refractivity contribution is 7.91. The minimum absolute atomic E-state index is 0.0903. The molecule has 0 radical (unpaired) electrons. The van der Waals surface area contributed by atoms with Crippen LogP contribution in [0.15, 0.2) is 53.7 Å². The van der Waals surface area contributed by atoms with Crippen molar-refractivity contribution in [1.82, 2.24) is 14.6 Å². The van der Waals surface area contributed by atoms with Crippen LogP contribution in [0, 0.1) is 12.8 Å². The number of piperidine rings is 1. The van der Waals surface area contributed by atoms with E-state index in [1.807, 2.05) is 6.92 Å². The van der Waals surface area contributed by atoms with Crippen molar-refractivity contribution in [3.8, 4) is 0 Å². The Bertz CT molecular complexity index is 1110. The molecular formula is C21H27N3O5S2. The number of pyridine rings is 1. The molecule has 0 aliphatic carbocycles. The fourth-order valence-electron chi connectivity index (χ4n) is 3.65. The Balaban J connectivity index is 1.75. The molecule has 1 aromatic heterocycles. The number of hydrogen-bond donors (Lipinski definition) is 1. The Hall–Kier alpha value is -2.30. The molecule has 1 amide bonds. The number of carbonyl (C=O) groups excluding carboxylic acids is 1. The first-order valence-corrected chi connectivity index (χ1v) is 13.4. The van der Waals surface area contributed by atoms with Gasteiger partial charge in [-0.3, -0.25) is 9.78 Å². The first-order chi connectivity index (χ1) is 14.6. The van der Waals surface area contributed by atoms with Gasteiger partial charge in [-0.05, 0) is 43.5 Å². The highest BCUT2D eigenvalue weighted by Crippen LogP contribution is 2.29. The lowest BCUT2D eigenvalue weighted by molar-refractivity contribution is -0.126. The predicted octanol–water partition coefficient (Wildman–Crippen LogP) is 1.69. The summed E-state index contributed by atoms with van der Waals surface area (Å²) < 4.78 is 51.3. The zero-order chi connectivity index (χ0) is 22.6. The highest BCUT2D eigenvalue weighted by atomic mass is 32.2. The van der Waals surface area contributed by atoms with Gasteiger partial charge in [0.1, 0.15) is 5.25 Å². The number of sulfonamides is 1. The molecule has 1 fully saturated rings. The van der Waals surface area contributed by atoms with Crippen molar-refractivity contribution in [2.75, 3.05) is 25.9 Å². The van der Waals surface area contributed by atoms with Crippen molar-refractivity contribution < 1.29 is 21.6 Å². The number of aromatic nitrogens is 1. The quantitative estimate of drug-likeness (QED) is 0.666. The van der Waals surface area contributed by atoms with Crippen LogP contribution in [0.3, 0.4) is 0 Å². The minimum atomic E-state index is -3.77. The molecule has 8 nitrogen and oxygen atoms in total. The Morgan fingerprint density at radius 2 is 1.77 bits per heavy atom. The maximum Gasteiger partial charge on any atom is 0.223 e. The summed E-state index contributed by atoms with van der Waals surface area (Å²) in [5.41, 5.74) is 1.45. The number of hydrogen-bond acceptors (Lipinski definition) is 6. The van der Waals surface area contributed by atoms with E-state index >= 15 is 0 Å². The second-order valence-electron chi connectivity index (χ2n) is 7.81. The fraction of sp³-hybridized carbons (Fsp3) is 0.429. The van der Waals surface area contributed by atoms with Gasteiger partial charge < -0.3 is 5.32 Å². The molecule has 1 saturated heterocycles. The molecule has 0 spiro atoms. The SMILES string of the molecule is Cc1ccc(S(=O)(=O)C(CNC(=O)C2CCN(S(C)(=O)=O)CC2)c2cccnc2)cc1. The van der Waals surface area contributed by atoms with Crippen molar-refractivity contribution >= 4 is 25.8 Å². The molecule has 1 N–H and O–H groups in total. The molecule has 1 aliphatic rings. The average molecular weight is 466 g/mol. The summed E-state index contributed by atoms with van der Waals surface area (Å²) in [6, 6.07) is 9.95. The molecule has 2 heterocycles. The van der Waals surface area contributed by atoms with Crippen LogP contribution in [-0.4, -0.2) is 57.9 Å². The molecule has 168 valence electrons. The Labute approximate surface area is 183 Å². The molecule has 0 bridgehead atoms. The number of carbonyl (C=O) groups is 1. The van der Waals surface area contributed by atoms with Crippen molar-refractivity contribution in [3.63, 3.8) is 0 Å². The van der Waals surface area contributed by atoms with E-state index in [9.17, 15) is 21.6 Å². The monoisotopic (exact) mass is 465 g/mol. The maximum absolute atomic E-state index is 13.3. The van der Waals surface area contributed by atoms with Crippen LogP contribution in [0.2, 0.25) is 0 Å². The molecular weight excluding hydrogens is 438 g/mol. The normalized spacial score (nSPS) is 17.2. The molecule has 0 saturated carbocycles. The average Bonchev–Trinajstić information content (AvgIpc) is 2.74. The number of benzene rings is 1. The van der Waals surface area contributed by atoms with Crippen LogP contribution in [0.4, 0.5) is 0 Å². The molecule has 1 atom stereocenters. The lowest BCUT2D eigenvalue weighted by atomic mass is 9.97. The summed E-state index contributed by atoms with van der Waals surface area (Å²) in [7, 11) is -7.04. The molecule has 1 aromatic carbocycles. The molecule has 1 aliphatic heterocycles. The van der Waals surface area contributed by atoms with Crippen LogP contribution in [-0.2, 0) is 24.7 Å². The molecule has 10 heteroatoms. The maximum atomic E-state index is 13.3. The van der Waals surface area contributed by atoms with Crippen LogP contribution < -0.4 is 5.32 Å². The highest BCUT2D eigenvalue weighted by Gasteiger charge is 2.32. The fourth-order valence-corrected chi connectivity index (χ4v) is 6.17. The van der Waals surface area contributed by atoms with E-state index < -0.39 is 25.1 Å². The van der Waals surface area contributed by atoms with Crippen molar-refractivity contribution in [2.45, 2.75) is 29.9 Å². The van der Waals surface area contributed by atoms with Gasteiger partial charge in [-0.15, -0.1) is 0 Å². The van der Waals surface area contributed by atoms with Gasteiger partial charge in [0.15, 0.2) is 9.84 Å². The third-order valence-corrected chi connectivity index (χ3v) is 8.96. The second-order valence-corrected chi connectivity index (χ2v) is 11.9. The largest absolute Gasteiger partial charge is 0.354 e. The first kappa shape index (κ1) is 23.4. The predicted molar refractivity (Wildman–Crippen MR) is 117 cm³/mol. The van der Waals surface area contributed by atoms with Gasteiger partial charge in [0.2, 0.25) is 15.9 Å². The van der Waals surface area contributed by atoms with Gasteiger partial charge >= 0.3 is 0 Å². The van der Waals surface area contributed by atoms with Crippen LogP contribution in [0.1, 0.15) is 29.2 Å². The lowest BCUT2D eigenvalue weighted by Crippen LogP contribution is -2.43.